The third kappa shape index (κ3) is 2.41. The SMILES string of the molecule is COC(=O)[C@@H]1C[C@@](C#N)(c2ccccc2Cl)CCC1=O. The van der Waals surface area contributed by atoms with Gasteiger partial charge in [0.1, 0.15) is 11.7 Å². The first kappa shape index (κ1) is 14.5. The van der Waals surface area contributed by atoms with Gasteiger partial charge in [-0.3, -0.25) is 9.59 Å². The highest BCUT2D eigenvalue weighted by atomic mass is 35.5. The van der Waals surface area contributed by atoms with E-state index in [9.17, 15) is 14.9 Å². The first-order valence-corrected chi connectivity index (χ1v) is 6.68. The molecule has 5 heteroatoms. The smallest absolute Gasteiger partial charge is 0.316 e. The van der Waals surface area contributed by atoms with Crippen molar-refractivity contribution in [3.63, 3.8) is 0 Å². The van der Waals surface area contributed by atoms with E-state index in [-0.39, 0.29) is 18.6 Å². The molecule has 104 valence electrons. The van der Waals surface area contributed by atoms with Crippen molar-refractivity contribution in [3.05, 3.63) is 34.9 Å². The lowest BCUT2D eigenvalue weighted by molar-refractivity contribution is -0.151. The third-order valence-corrected chi connectivity index (χ3v) is 4.16. The van der Waals surface area contributed by atoms with E-state index in [1.165, 1.54) is 7.11 Å². The van der Waals surface area contributed by atoms with Crippen molar-refractivity contribution in [3.8, 4) is 6.07 Å². The maximum Gasteiger partial charge on any atom is 0.316 e. The second kappa shape index (κ2) is 5.64. The fourth-order valence-electron chi connectivity index (χ4n) is 2.69. The zero-order chi connectivity index (χ0) is 14.8. The van der Waals surface area contributed by atoms with Crippen molar-refractivity contribution >= 4 is 23.4 Å². The predicted octanol–water partition coefficient (Wildman–Crippen LogP) is 2.64. The van der Waals surface area contributed by atoms with Gasteiger partial charge in [0.25, 0.3) is 0 Å². The molecule has 0 unspecified atom stereocenters. The standard InChI is InChI=1S/C15H14ClNO3/c1-20-14(19)10-8-15(9-17,7-6-13(10)18)11-4-2-3-5-12(11)16/h2-5,10H,6-8H2,1H3/t10-,15+/m1/s1. The Morgan fingerprint density at radius 2 is 2.20 bits per heavy atom. The minimum Gasteiger partial charge on any atom is -0.468 e. The van der Waals surface area contributed by atoms with Gasteiger partial charge in [-0.15, -0.1) is 0 Å². The summed E-state index contributed by atoms with van der Waals surface area (Å²) in [4.78, 5) is 23.6. The second-order valence-corrected chi connectivity index (χ2v) is 5.33. The van der Waals surface area contributed by atoms with Crippen LogP contribution in [0.2, 0.25) is 5.02 Å². The highest BCUT2D eigenvalue weighted by molar-refractivity contribution is 6.31. The third-order valence-electron chi connectivity index (χ3n) is 3.83. The van der Waals surface area contributed by atoms with Crippen LogP contribution in [0.5, 0.6) is 0 Å². The van der Waals surface area contributed by atoms with Gasteiger partial charge in [0, 0.05) is 11.4 Å². The number of rotatable bonds is 2. The molecular weight excluding hydrogens is 278 g/mol. The first-order chi connectivity index (χ1) is 9.54. The molecule has 0 radical (unpaired) electrons. The second-order valence-electron chi connectivity index (χ2n) is 4.92. The van der Waals surface area contributed by atoms with Gasteiger partial charge in [-0.2, -0.15) is 5.26 Å². The van der Waals surface area contributed by atoms with E-state index in [0.29, 0.717) is 17.0 Å². The molecule has 0 N–H and O–H groups in total. The van der Waals surface area contributed by atoms with Gasteiger partial charge in [-0.1, -0.05) is 29.8 Å². The van der Waals surface area contributed by atoms with E-state index in [1.54, 1.807) is 24.3 Å². The Morgan fingerprint density at radius 1 is 1.50 bits per heavy atom. The van der Waals surface area contributed by atoms with Crippen LogP contribution >= 0.6 is 11.6 Å². The largest absolute Gasteiger partial charge is 0.468 e. The summed E-state index contributed by atoms with van der Waals surface area (Å²) in [6.07, 6.45) is 0.677. The van der Waals surface area contributed by atoms with Gasteiger partial charge in [0.2, 0.25) is 0 Å². The molecule has 1 aliphatic rings. The van der Waals surface area contributed by atoms with Crippen molar-refractivity contribution in [2.45, 2.75) is 24.7 Å². The van der Waals surface area contributed by atoms with E-state index in [4.69, 9.17) is 11.6 Å². The van der Waals surface area contributed by atoms with Crippen molar-refractivity contribution in [2.75, 3.05) is 7.11 Å². The summed E-state index contributed by atoms with van der Waals surface area (Å²) in [5, 5.41) is 10.1. The first-order valence-electron chi connectivity index (χ1n) is 6.31. The van der Waals surface area contributed by atoms with Crippen LogP contribution in [-0.4, -0.2) is 18.9 Å². The molecule has 0 spiro atoms. The van der Waals surface area contributed by atoms with E-state index >= 15 is 0 Å². The number of methoxy groups -OCH3 is 1. The summed E-state index contributed by atoms with van der Waals surface area (Å²) in [7, 11) is 1.24. The molecule has 1 saturated carbocycles. The molecule has 2 atom stereocenters. The van der Waals surface area contributed by atoms with Gasteiger partial charge in [0.15, 0.2) is 0 Å². The van der Waals surface area contributed by atoms with Crippen LogP contribution in [-0.2, 0) is 19.7 Å². The molecule has 4 nitrogen and oxygen atoms in total. The number of Topliss-reactive ketones (excluding diaryl/α,β-unsaturated/α-hetero) is 1. The summed E-state index contributed by atoms with van der Waals surface area (Å²) >= 11 is 6.17. The lowest BCUT2D eigenvalue weighted by atomic mass is 9.66. The average molecular weight is 292 g/mol. The monoisotopic (exact) mass is 291 g/mol. The van der Waals surface area contributed by atoms with Crippen LogP contribution in [0.15, 0.2) is 24.3 Å². The van der Waals surface area contributed by atoms with E-state index in [1.807, 2.05) is 0 Å². The molecule has 20 heavy (non-hydrogen) atoms. The number of ketones is 1. The summed E-state index contributed by atoms with van der Waals surface area (Å²) in [5.41, 5.74) is -0.240. The van der Waals surface area contributed by atoms with Crippen LogP contribution in [0.4, 0.5) is 0 Å². The molecule has 1 fully saturated rings. The van der Waals surface area contributed by atoms with Crippen molar-refractivity contribution in [1.29, 1.82) is 5.26 Å². The lowest BCUT2D eigenvalue weighted by Gasteiger charge is -2.34. The Kier molecular flexibility index (Phi) is 4.10. The Bertz CT molecular complexity index is 585. The molecule has 0 heterocycles. The summed E-state index contributed by atoms with van der Waals surface area (Å²) in [6.45, 7) is 0. The number of esters is 1. The minimum absolute atomic E-state index is 0.124. The Morgan fingerprint density at radius 3 is 2.80 bits per heavy atom. The number of carbonyl (C=O) groups excluding carboxylic acids is 2. The Hall–Kier alpha value is -1.86. The average Bonchev–Trinajstić information content (AvgIpc) is 2.48. The summed E-state index contributed by atoms with van der Waals surface area (Å²) in [6, 6.07) is 9.32. The number of hydrogen-bond donors (Lipinski definition) is 0. The number of halogens is 1. The van der Waals surface area contributed by atoms with E-state index < -0.39 is 17.3 Å². The zero-order valence-corrected chi connectivity index (χ0v) is 11.8. The van der Waals surface area contributed by atoms with Crippen LogP contribution in [0, 0.1) is 17.2 Å². The van der Waals surface area contributed by atoms with Gasteiger partial charge in [0.05, 0.1) is 18.6 Å². The number of benzene rings is 1. The maximum absolute atomic E-state index is 11.9. The van der Waals surface area contributed by atoms with Crippen molar-refractivity contribution in [2.24, 2.45) is 5.92 Å². The quantitative estimate of drug-likeness (QED) is 0.620. The number of hydrogen-bond acceptors (Lipinski definition) is 4. The zero-order valence-electron chi connectivity index (χ0n) is 11.1. The number of ether oxygens (including phenoxy) is 1. The molecule has 0 aromatic heterocycles. The Balaban J connectivity index is 2.43. The normalized spacial score (nSPS) is 25.9. The highest BCUT2D eigenvalue weighted by Gasteiger charge is 2.46. The summed E-state index contributed by atoms with van der Waals surface area (Å²) in [5.74, 6) is -1.64. The number of nitriles is 1. The van der Waals surface area contributed by atoms with Crippen LogP contribution in [0.3, 0.4) is 0 Å². The molecule has 1 aromatic rings. The van der Waals surface area contributed by atoms with Gasteiger partial charge < -0.3 is 4.74 Å². The van der Waals surface area contributed by atoms with Crippen LogP contribution in [0.1, 0.15) is 24.8 Å². The molecule has 2 rings (SSSR count). The molecule has 0 amide bonds. The van der Waals surface area contributed by atoms with E-state index in [2.05, 4.69) is 10.8 Å². The van der Waals surface area contributed by atoms with Crippen molar-refractivity contribution < 1.29 is 14.3 Å². The number of carbonyl (C=O) groups is 2. The van der Waals surface area contributed by atoms with E-state index in [0.717, 1.165) is 0 Å². The molecule has 1 aromatic carbocycles. The van der Waals surface area contributed by atoms with Crippen LogP contribution in [0.25, 0.3) is 0 Å². The van der Waals surface area contributed by atoms with Gasteiger partial charge in [-0.25, -0.2) is 0 Å². The highest BCUT2D eigenvalue weighted by Crippen LogP contribution is 2.43. The predicted molar refractivity (Wildman–Crippen MR) is 73.1 cm³/mol. The minimum atomic E-state index is -0.912. The molecule has 0 aliphatic heterocycles. The lowest BCUT2D eigenvalue weighted by Crippen LogP contribution is -2.40. The fourth-order valence-corrected chi connectivity index (χ4v) is 3.00. The number of nitrogens with zero attached hydrogens (tertiary/aromatic N) is 1. The topological polar surface area (TPSA) is 67.2 Å². The molecule has 0 saturated heterocycles. The summed E-state index contributed by atoms with van der Waals surface area (Å²) < 4.78 is 4.66. The Labute approximate surface area is 122 Å². The maximum atomic E-state index is 11.9. The van der Waals surface area contributed by atoms with Gasteiger partial charge in [-0.05, 0) is 24.5 Å². The molecule has 0 bridgehead atoms. The fraction of sp³-hybridized carbons (Fsp3) is 0.400. The van der Waals surface area contributed by atoms with Crippen LogP contribution < -0.4 is 0 Å². The van der Waals surface area contributed by atoms with Gasteiger partial charge >= 0.3 is 5.97 Å². The van der Waals surface area contributed by atoms with Crippen molar-refractivity contribution in [1.82, 2.24) is 0 Å². The molecular formula is C15H14ClNO3. The molecule has 1 aliphatic carbocycles.